The molecular weight excluding hydrogens is 266 g/mol. The van der Waals surface area contributed by atoms with Crippen molar-refractivity contribution in [3.8, 4) is 11.8 Å². The average molecular weight is 285 g/mol. The molecule has 0 fully saturated rings. The van der Waals surface area contributed by atoms with Crippen LogP contribution in [0.2, 0.25) is 0 Å². The van der Waals surface area contributed by atoms with E-state index >= 15 is 0 Å². The molecule has 0 aliphatic carbocycles. The lowest BCUT2D eigenvalue weighted by Gasteiger charge is -2.08. The molecule has 2 aromatic rings. The van der Waals surface area contributed by atoms with Crippen LogP contribution in [0.5, 0.6) is 5.75 Å². The summed E-state index contributed by atoms with van der Waals surface area (Å²) in [6.45, 7) is 2.79. The molecule has 21 heavy (non-hydrogen) atoms. The van der Waals surface area contributed by atoms with Gasteiger partial charge in [0.1, 0.15) is 11.6 Å². The summed E-state index contributed by atoms with van der Waals surface area (Å²) in [5.41, 5.74) is -0.196. The molecule has 0 atom stereocenters. The first-order chi connectivity index (χ1) is 10.3. The Morgan fingerprint density at radius 1 is 1.24 bits per heavy atom. The average Bonchev–Trinajstić information content (AvgIpc) is 2.50. The summed E-state index contributed by atoms with van der Waals surface area (Å²) in [5.74, 6) is 0.560. The van der Waals surface area contributed by atoms with Gasteiger partial charge >= 0.3 is 5.63 Å². The highest BCUT2D eigenvalue weighted by atomic mass is 16.5. The van der Waals surface area contributed by atoms with Crippen LogP contribution in [0, 0.1) is 11.3 Å². The molecule has 4 nitrogen and oxygen atoms in total. The van der Waals surface area contributed by atoms with E-state index in [1.165, 1.54) is 25.3 Å². The van der Waals surface area contributed by atoms with Crippen LogP contribution in [0.1, 0.15) is 44.6 Å². The third kappa shape index (κ3) is 3.85. The number of hydrogen-bond acceptors (Lipinski definition) is 4. The number of nitrogens with zero attached hydrogens (tertiary/aromatic N) is 1. The first-order valence-electron chi connectivity index (χ1n) is 7.36. The number of unbranched alkanes of at least 4 members (excludes halogenated alkanes) is 4. The van der Waals surface area contributed by atoms with E-state index in [1.807, 2.05) is 12.1 Å². The summed E-state index contributed by atoms with van der Waals surface area (Å²) in [6.07, 6.45) is 5.81. The molecule has 0 amide bonds. The van der Waals surface area contributed by atoms with Crippen molar-refractivity contribution in [1.29, 1.82) is 5.26 Å². The molecule has 2 rings (SSSR count). The fourth-order valence-corrected chi connectivity index (χ4v) is 2.20. The molecule has 1 aromatic heterocycles. The second-order valence-corrected chi connectivity index (χ2v) is 5.00. The lowest BCUT2D eigenvalue weighted by atomic mass is 10.1. The molecular formula is C17H19NO3. The van der Waals surface area contributed by atoms with E-state index in [0.717, 1.165) is 12.8 Å². The number of rotatable bonds is 7. The number of nitriles is 1. The molecule has 0 N–H and O–H groups in total. The summed E-state index contributed by atoms with van der Waals surface area (Å²) < 4.78 is 10.9. The van der Waals surface area contributed by atoms with E-state index in [2.05, 4.69) is 6.92 Å². The van der Waals surface area contributed by atoms with E-state index < -0.39 is 5.63 Å². The van der Waals surface area contributed by atoms with Crippen molar-refractivity contribution >= 4 is 11.0 Å². The van der Waals surface area contributed by atoms with Gasteiger partial charge in [0, 0.05) is 5.39 Å². The van der Waals surface area contributed by atoms with E-state index in [-0.39, 0.29) is 5.56 Å². The second kappa shape index (κ2) is 7.49. The van der Waals surface area contributed by atoms with Crippen molar-refractivity contribution in [2.45, 2.75) is 39.0 Å². The van der Waals surface area contributed by atoms with Crippen LogP contribution in [0.3, 0.4) is 0 Å². The lowest BCUT2D eigenvalue weighted by molar-refractivity contribution is 0.302. The predicted molar refractivity (Wildman–Crippen MR) is 81.5 cm³/mol. The first-order valence-corrected chi connectivity index (χ1v) is 7.36. The van der Waals surface area contributed by atoms with Crippen molar-refractivity contribution in [3.05, 3.63) is 40.2 Å². The van der Waals surface area contributed by atoms with Gasteiger partial charge in [-0.2, -0.15) is 5.26 Å². The predicted octanol–water partition coefficient (Wildman–Crippen LogP) is 4.01. The maximum atomic E-state index is 11.6. The molecule has 0 radical (unpaired) electrons. The summed E-state index contributed by atoms with van der Waals surface area (Å²) in [6, 6.07) is 8.78. The van der Waals surface area contributed by atoms with Gasteiger partial charge in [-0.15, -0.1) is 0 Å². The Hall–Kier alpha value is -2.28. The smallest absolute Gasteiger partial charge is 0.354 e. The molecule has 1 heterocycles. The second-order valence-electron chi connectivity index (χ2n) is 5.00. The van der Waals surface area contributed by atoms with Crippen LogP contribution >= 0.6 is 0 Å². The van der Waals surface area contributed by atoms with Crippen LogP contribution in [0.15, 0.2) is 33.5 Å². The first kappa shape index (κ1) is 15.1. The van der Waals surface area contributed by atoms with Gasteiger partial charge in [0.05, 0.1) is 6.61 Å². The summed E-state index contributed by atoms with van der Waals surface area (Å²) in [7, 11) is 0. The van der Waals surface area contributed by atoms with Crippen molar-refractivity contribution in [1.82, 2.24) is 0 Å². The van der Waals surface area contributed by atoms with Crippen molar-refractivity contribution in [3.63, 3.8) is 0 Å². The maximum Gasteiger partial charge on any atom is 0.354 e. The van der Waals surface area contributed by atoms with Gasteiger partial charge < -0.3 is 9.15 Å². The Bertz CT molecular complexity index is 697. The Morgan fingerprint density at radius 2 is 2.05 bits per heavy atom. The zero-order valence-corrected chi connectivity index (χ0v) is 12.2. The zero-order chi connectivity index (χ0) is 15.1. The van der Waals surface area contributed by atoms with E-state index in [1.54, 1.807) is 12.1 Å². The Kier molecular flexibility index (Phi) is 5.39. The largest absolute Gasteiger partial charge is 0.490 e. The summed E-state index contributed by atoms with van der Waals surface area (Å²) in [4.78, 5) is 11.6. The number of hydrogen-bond donors (Lipinski definition) is 0. The fraction of sp³-hybridized carbons (Fsp3) is 0.412. The van der Waals surface area contributed by atoms with E-state index in [4.69, 9.17) is 14.4 Å². The maximum absolute atomic E-state index is 11.6. The lowest BCUT2D eigenvalue weighted by Crippen LogP contribution is -2.04. The Balaban J connectivity index is 2.08. The number of benzene rings is 1. The molecule has 110 valence electrons. The number of para-hydroxylation sites is 1. The molecule has 0 unspecified atom stereocenters. The molecule has 0 saturated carbocycles. The molecule has 0 bridgehead atoms. The monoisotopic (exact) mass is 285 g/mol. The van der Waals surface area contributed by atoms with Gasteiger partial charge in [-0.3, -0.25) is 0 Å². The molecule has 0 spiro atoms. The quantitative estimate of drug-likeness (QED) is 0.569. The van der Waals surface area contributed by atoms with Crippen LogP contribution in [-0.2, 0) is 0 Å². The highest BCUT2D eigenvalue weighted by Crippen LogP contribution is 2.25. The molecule has 0 saturated heterocycles. The SMILES string of the molecule is CCCCCCCOc1cccc2cc(C#N)c(=O)oc12. The topological polar surface area (TPSA) is 63.2 Å². The van der Waals surface area contributed by atoms with Crippen molar-refractivity contribution in [2.75, 3.05) is 6.61 Å². The molecule has 1 aromatic carbocycles. The molecule has 4 heteroatoms. The van der Waals surface area contributed by atoms with Gasteiger partial charge in [-0.1, -0.05) is 44.7 Å². The minimum atomic E-state index is -0.621. The van der Waals surface area contributed by atoms with Crippen molar-refractivity contribution in [2.24, 2.45) is 0 Å². The van der Waals surface area contributed by atoms with Gasteiger partial charge in [-0.25, -0.2) is 4.79 Å². The minimum absolute atomic E-state index is 0.0132. The number of ether oxygens (including phenoxy) is 1. The van der Waals surface area contributed by atoms with Crippen LogP contribution in [-0.4, -0.2) is 6.61 Å². The molecule has 0 aliphatic heterocycles. The normalized spacial score (nSPS) is 10.5. The highest BCUT2D eigenvalue weighted by molar-refractivity contribution is 5.83. The van der Waals surface area contributed by atoms with Gasteiger partial charge in [-0.05, 0) is 18.6 Å². The summed E-state index contributed by atoms with van der Waals surface area (Å²) >= 11 is 0. The fourth-order valence-electron chi connectivity index (χ4n) is 2.20. The number of fused-ring (bicyclic) bond motifs is 1. The van der Waals surface area contributed by atoms with Crippen molar-refractivity contribution < 1.29 is 9.15 Å². The minimum Gasteiger partial charge on any atom is -0.490 e. The van der Waals surface area contributed by atoms with Gasteiger partial charge in [0.2, 0.25) is 0 Å². The van der Waals surface area contributed by atoms with Crippen LogP contribution in [0.25, 0.3) is 11.0 Å². The third-order valence-corrected chi connectivity index (χ3v) is 3.35. The highest BCUT2D eigenvalue weighted by Gasteiger charge is 2.09. The van der Waals surface area contributed by atoms with E-state index in [9.17, 15) is 4.79 Å². The Labute approximate surface area is 124 Å². The molecule has 0 aliphatic rings. The van der Waals surface area contributed by atoms with Crippen LogP contribution in [0.4, 0.5) is 0 Å². The third-order valence-electron chi connectivity index (χ3n) is 3.35. The van der Waals surface area contributed by atoms with Gasteiger partial charge in [0.15, 0.2) is 11.3 Å². The Morgan fingerprint density at radius 3 is 2.81 bits per heavy atom. The zero-order valence-electron chi connectivity index (χ0n) is 12.2. The van der Waals surface area contributed by atoms with E-state index in [0.29, 0.717) is 23.3 Å². The van der Waals surface area contributed by atoms with Gasteiger partial charge in [0.25, 0.3) is 0 Å². The standard InChI is InChI=1S/C17H19NO3/c1-2-3-4-5-6-10-20-15-9-7-8-13-11-14(12-18)17(19)21-16(13)15/h7-9,11H,2-6,10H2,1H3. The van der Waals surface area contributed by atoms with Crippen LogP contribution < -0.4 is 10.4 Å². The summed E-state index contributed by atoms with van der Waals surface area (Å²) in [5, 5.41) is 9.55.